The number of alkyl halides is 3. The minimum atomic E-state index is -4.98. The molecular weight excluding hydrogens is 422 g/mol. The summed E-state index contributed by atoms with van der Waals surface area (Å²) in [5.41, 5.74) is -3.21. The molecule has 0 saturated heterocycles. The molecule has 2 rings (SSSR count). The molecule has 154 valence electrons. The molecule has 28 heavy (non-hydrogen) atoms. The molecule has 11 heteroatoms. The Kier molecular flexibility index (Phi) is 6.84. The van der Waals surface area contributed by atoms with Gasteiger partial charge < -0.3 is 19.7 Å². The van der Waals surface area contributed by atoms with Gasteiger partial charge in [0.25, 0.3) is 5.91 Å². The molecule has 0 aliphatic rings. The lowest BCUT2D eigenvalue weighted by Gasteiger charge is -2.30. The van der Waals surface area contributed by atoms with Crippen LogP contribution >= 0.6 is 23.2 Å². The molecule has 0 aliphatic heterocycles. The molecule has 0 radical (unpaired) electrons. The Morgan fingerprint density at radius 1 is 1.39 bits per heavy atom. The van der Waals surface area contributed by atoms with Gasteiger partial charge >= 0.3 is 6.18 Å². The molecular formula is C17H18Cl2F3N3O3. The van der Waals surface area contributed by atoms with E-state index >= 15 is 0 Å². The number of ether oxygens (including phenoxy) is 1. The first-order chi connectivity index (χ1) is 13.0. The molecule has 1 heterocycles. The molecule has 2 unspecified atom stereocenters. The van der Waals surface area contributed by atoms with Gasteiger partial charge in [-0.1, -0.05) is 23.2 Å². The van der Waals surface area contributed by atoms with Crippen LogP contribution < -0.4 is 10.1 Å². The number of hydrogen-bond donors (Lipinski definition) is 2. The van der Waals surface area contributed by atoms with E-state index in [1.54, 1.807) is 0 Å². The molecule has 0 aliphatic carbocycles. The summed E-state index contributed by atoms with van der Waals surface area (Å²) in [7, 11) is 1.34. The quantitative estimate of drug-likeness (QED) is 0.692. The number of aryl methyl sites for hydroxylation is 1. The van der Waals surface area contributed by atoms with Gasteiger partial charge in [0.1, 0.15) is 11.6 Å². The maximum atomic E-state index is 13.4. The summed E-state index contributed by atoms with van der Waals surface area (Å²) in [5, 5.41) is 13.1. The Hall–Kier alpha value is -1.97. The van der Waals surface area contributed by atoms with Gasteiger partial charge in [-0.2, -0.15) is 13.2 Å². The van der Waals surface area contributed by atoms with Crippen LogP contribution in [0.15, 0.2) is 30.6 Å². The average molecular weight is 440 g/mol. The number of carbonyl (C=O) groups is 1. The third kappa shape index (κ3) is 4.89. The van der Waals surface area contributed by atoms with Crippen molar-refractivity contribution in [2.45, 2.75) is 31.2 Å². The maximum absolute atomic E-state index is 13.4. The normalized spacial score (nSPS) is 15.0. The molecule has 6 nitrogen and oxygen atoms in total. The minimum absolute atomic E-state index is 0.188. The molecule has 0 saturated carbocycles. The van der Waals surface area contributed by atoms with Crippen LogP contribution in [0, 0.1) is 0 Å². The summed E-state index contributed by atoms with van der Waals surface area (Å²) in [6.45, 7) is 0.957. The molecule has 1 aromatic carbocycles. The fraction of sp³-hybridized carbons (Fsp3) is 0.412. The number of aliphatic hydroxyl groups is 1. The number of hydrogen-bond acceptors (Lipinski definition) is 4. The third-order valence-corrected chi connectivity index (χ3v) is 4.54. The summed E-state index contributed by atoms with van der Waals surface area (Å²) in [6, 6.07) is 4.42. The van der Waals surface area contributed by atoms with E-state index in [1.165, 1.54) is 38.4 Å². The first kappa shape index (κ1) is 22.3. The smallest absolute Gasteiger partial charge is 0.424 e. The van der Waals surface area contributed by atoms with Crippen LogP contribution in [0.3, 0.4) is 0 Å². The third-order valence-electron chi connectivity index (χ3n) is 4.01. The number of nitrogens with one attached hydrogen (secondary N) is 1. The van der Waals surface area contributed by atoms with Gasteiger partial charge in [-0.25, -0.2) is 4.98 Å². The van der Waals surface area contributed by atoms with Gasteiger partial charge in [-0.15, -0.1) is 0 Å². The van der Waals surface area contributed by atoms with Gasteiger partial charge in [0, 0.05) is 37.4 Å². The van der Waals surface area contributed by atoms with Gasteiger partial charge in [0.05, 0.1) is 5.02 Å². The van der Waals surface area contributed by atoms with Crippen LogP contribution in [0.25, 0.3) is 0 Å². The number of halogens is 5. The number of amides is 1. The number of carbonyl (C=O) groups excluding carboxylic acids is 1. The largest absolute Gasteiger partial charge is 0.479 e. The topological polar surface area (TPSA) is 76.4 Å². The van der Waals surface area contributed by atoms with Crippen molar-refractivity contribution >= 4 is 29.1 Å². The molecule has 2 aromatic rings. The van der Waals surface area contributed by atoms with Crippen LogP contribution in [-0.4, -0.2) is 39.4 Å². The van der Waals surface area contributed by atoms with Crippen molar-refractivity contribution in [1.82, 2.24) is 14.9 Å². The lowest BCUT2D eigenvalue weighted by molar-refractivity contribution is -0.272. The SMILES string of the molecule is CC(Oc1ccc(Cl)cc1Cl)C(=O)NCCC(O)(c1nccn1C)C(F)(F)F. The zero-order valence-electron chi connectivity index (χ0n) is 14.9. The summed E-state index contributed by atoms with van der Waals surface area (Å²) < 4.78 is 46.8. The van der Waals surface area contributed by atoms with Crippen LogP contribution in [0.5, 0.6) is 5.75 Å². The average Bonchev–Trinajstić information content (AvgIpc) is 3.02. The Labute approximate surface area is 169 Å². The second kappa shape index (κ2) is 8.59. The summed E-state index contributed by atoms with van der Waals surface area (Å²) in [6.07, 6.45) is -4.39. The van der Waals surface area contributed by atoms with Crippen molar-refractivity contribution in [3.8, 4) is 5.75 Å². The maximum Gasteiger partial charge on any atom is 0.424 e. The second-order valence-corrected chi connectivity index (χ2v) is 6.94. The van der Waals surface area contributed by atoms with E-state index in [0.29, 0.717) is 5.02 Å². The molecule has 2 N–H and O–H groups in total. The van der Waals surface area contributed by atoms with Crippen molar-refractivity contribution in [2.75, 3.05) is 6.54 Å². The standard InChI is InChI=1S/C17H18Cl2F3N3O3/c1-10(28-13-4-3-11(18)9-12(13)19)14(26)23-6-5-16(27,17(20,21)22)15-24-7-8-25(15)2/h3-4,7-10,27H,5-6H2,1-2H3,(H,23,26). The van der Waals surface area contributed by atoms with E-state index in [-0.39, 0.29) is 10.8 Å². The van der Waals surface area contributed by atoms with Gasteiger partial charge in [0.15, 0.2) is 6.10 Å². The molecule has 0 spiro atoms. The molecule has 0 fully saturated rings. The first-order valence-corrected chi connectivity index (χ1v) is 8.87. The first-order valence-electron chi connectivity index (χ1n) is 8.12. The minimum Gasteiger partial charge on any atom is -0.479 e. The molecule has 1 aromatic heterocycles. The highest BCUT2D eigenvalue weighted by Gasteiger charge is 2.57. The highest BCUT2D eigenvalue weighted by Crippen LogP contribution is 2.40. The lowest BCUT2D eigenvalue weighted by atomic mass is 9.97. The number of benzene rings is 1. The number of imidazole rings is 1. The van der Waals surface area contributed by atoms with Crippen molar-refractivity contribution < 1.29 is 27.8 Å². The van der Waals surface area contributed by atoms with Crippen molar-refractivity contribution in [2.24, 2.45) is 7.05 Å². The van der Waals surface area contributed by atoms with Crippen LogP contribution in [-0.2, 0) is 17.4 Å². The summed E-state index contributed by atoms with van der Waals surface area (Å²) >= 11 is 11.7. The lowest BCUT2D eigenvalue weighted by Crippen LogP contribution is -2.47. The number of aromatic nitrogens is 2. The predicted octanol–water partition coefficient (Wildman–Crippen LogP) is 3.45. The molecule has 0 bridgehead atoms. The monoisotopic (exact) mass is 439 g/mol. The van der Waals surface area contributed by atoms with E-state index in [9.17, 15) is 23.1 Å². The highest BCUT2D eigenvalue weighted by molar-refractivity contribution is 6.35. The number of rotatable bonds is 7. The Bertz CT molecular complexity index is 845. The van der Waals surface area contributed by atoms with E-state index in [4.69, 9.17) is 27.9 Å². The zero-order chi connectivity index (χ0) is 21.1. The van der Waals surface area contributed by atoms with E-state index in [1.807, 2.05) is 0 Å². The van der Waals surface area contributed by atoms with E-state index in [2.05, 4.69) is 10.3 Å². The summed E-state index contributed by atoms with van der Waals surface area (Å²) in [5.74, 6) is -1.03. The molecule has 2 atom stereocenters. The summed E-state index contributed by atoms with van der Waals surface area (Å²) in [4.78, 5) is 15.7. The molecule has 1 amide bonds. The highest BCUT2D eigenvalue weighted by atomic mass is 35.5. The van der Waals surface area contributed by atoms with E-state index in [0.717, 1.165) is 10.8 Å². The second-order valence-electron chi connectivity index (χ2n) is 6.10. The Balaban J connectivity index is 2.00. The van der Waals surface area contributed by atoms with Crippen LogP contribution in [0.2, 0.25) is 10.0 Å². The van der Waals surface area contributed by atoms with Gasteiger partial charge in [0.2, 0.25) is 5.60 Å². The zero-order valence-corrected chi connectivity index (χ0v) is 16.4. The number of nitrogens with zero attached hydrogens (tertiary/aromatic N) is 2. The van der Waals surface area contributed by atoms with Crippen LogP contribution in [0.4, 0.5) is 13.2 Å². The van der Waals surface area contributed by atoms with Gasteiger partial charge in [-0.05, 0) is 25.1 Å². The predicted molar refractivity (Wildman–Crippen MR) is 97.3 cm³/mol. The van der Waals surface area contributed by atoms with Crippen molar-refractivity contribution in [1.29, 1.82) is 0 Å². The fourth-order valence-corrected chi connectivity index (χ4v) is 2.92. The Morgan fingerprint density at radius 3 is 2.61 bits per heavy atom. The fourth-order valence-electron chi connectivity index (χ4n) is 2.47. The Morgan fingerprint density at radius 2 is 2.07 bits per heavy atom. The van der Waals surface area contributed by atoms with Crippen LogP contribution in [0.1, 0.15) is 19.2 Å². The van der Waals surface area contributed by atoms with Gasteiger partial charge in [-0.3, -0.25) is 4.79 Å². The van der Waals surface area contributed by atoms with Crippen molar-refractivity contribution in [3.63, 3.8) is 0 Å². The van der Waals surface area contributed by atoms with E-state index < -0.39 is 42.6 Å². The van der Waals surface area contributed by atoms with Crippen molar-refractivity contribution in [3.05, 3.63) is 46.5 Å².